The van der Waals surface area contributed by atoms with E-state index in [4.69, 9.17) is 4.74 Å². The molecule has 3 aromatic rings. The second-order valence-electron chi connectivity index (χ2n) is 6.65. The van der Waals surface area contributed by atoms with Gasteiger partial charge in [0, 0.05) is 15.8 Å². The molecular weight excluding hydrogens is 511 g/mol. The van der Waals surface area contributed by atoms with Gasteiger partial charge in [-0.1, -0.05) is 36.0 Å². The van der Waals surface area contributed by atoms with Crippen molar-refractivity contribution < 1.29 is 9.53 Å². The van der Waals surface area contributed by atoms with Gasteiger partial charge in [-0.05, 0) is 71.8 Å². The molecule has 0 saturated carbocycles. The molecule has 0 fully saturated rings. The van der Waals surface area contributed by atoms with E-state index in [9.17, 15) is 4.79 Å². The highest BCUT2D eigenvalue weighted by Gasteiger charge is 2.15. The molecule has 0 aliphatic carbocycles. The lowest BCUT2D eigenvalue weighted by Gasteiger charge is -2.11. The number of ether oxygens (including phenoxy) is 1. The molecule has 1 N–H and O–H groups in total. The maximum absolute atomic E-state index is 12.4. The minimum atomic E-state index is -0.0878. The van der Waals surface area contributed by atoms with Crippen molar-refractivity contribution in [3.8, 4) is 5.75 Å². The Labute approximate surface area is 194 Å². The van der Waals surface area contributed by atoms with Crippen LogP contribution in [0.4, 0.5) is 5.69 Å². The summed E-state index contributed by atoms with van der Waals surface area (Å²) in [6.45, 7) is 8.62. The third-order valence-corrected chi connectivity index (χ3v) is 5.99. The van der Waals surface area contributed by atoms with Gasteiger partial charge in [-0.2, -0.15) is 0 Å². The Balaban J connectivity index is 1.63. The van der Waals surface area contributed by atoms with Crippen LogP contribution in [-0.4, -0.2) is 26.4 Å². The van der Waals surface area contributed by atoms with E-state index in [1.54, 1.807) is 6.08 Å². The zero-order chi connectivity index (χ0) is 21.5. The van der Waals surface area contributed by atoms with Crippen molar-refractivity contribution in [2.24, 2.45) is 0 Å². The van der Waals surface area contributed by atoms with Gasteiger partial charge in [0.2, 0.25) is 5.91 Å². The summed E-state index contributed by atoms with van der Waals surface area (Å²) in [5.74, 6) is 1.65. The summed E-state index contributed by atoms with van der Waals surface area (Å²) < 4.78 is 8.95. The SMILES string of the molecule is C=CCn1c(COc2ccccc2C)nnc1SCC(=O)Nc1ccc(I)cc1C. The number of anilines is 1. The van der Waals surface area contributed by atoms with Crippen LogP contribution >= 0.6 is 34.4 Å². The van der Waals surface area contributed by atoms with Gasteiger partial charge < -0.3 is 10.1 Å². The van der Waals surface area contributed by atoms with Gasteiger partial charge in [-0.25, -0.2) is 0 Å². The van der Waals surface area contributed by atoms with E-state index in [1.807, 2.05) is 60.9 Å². The van der Waals surface area contributed by atoms with E-state index < -0.39 is 0 Å². The highest BCUT2D eigenvalue weighted by molar-refractivity contribution is 14.1. The lowest BCUT2D eigenvalue weighted by molar-refractivity contribution is -0.113. The number of carbonyl (C=O) groups excluding carboxylic acids is 1. The van der Waals surface area contributed by atoms with Gasteiger partial charge in [0.1, 0.15) is 12.4 Å². The first-order chi connectivity index (χ1) is 14.5. The molecule has 0 radical (unpaired) electrons. The van der Waals surface area contributed by atoms with Gasteiger partial charge in [0.15, 0.2) is 11.0 Å². The van der Waals surface area contributed by atoms with Gasteiger partial charge in [0.05, 0.1) is 5.75 Å². The van der Waals surface area contributed by atoms with E-state index in [2.05, 4.69) is 44.7 Å². The first-order valence-electron chi connectivity index (χ1n) is 9.38. The van der Waals surface area contributed by atoms with Crippen LogP contribution in [0, 0.1) is 17.4 Å². The van der Waals surface area contributed by atoms with Gasteiger partial charge in [-0.3, -0.25) is 9.36 Å². The quantitative estimate of drug-likeness (QED) is 0.238. The molecule has 0 unspecified atom stereocenters. The standard InChI is InChI=1S/C22H23IN4O2S/c1-4-11-27-20(13-29-19-8-6-5-7-15(19)2)25-26-22(27)30-14-21(28)24-18-10-9-17(23)12-16(18)3/h4-10,12H,1,11,13-14H2,2-3H3,(H,24,28). The van der Waals surface area contributed by atoms with Crippen molar-refractivity contribution in [2.75, 3.05) is 11.1 Å². The predicted molar refractivity (Wildman–Crippen MR) is 129 cm³/mol. The Kier molecular flexibility index (Phi) is 7.92. The maximum atomic E-state index is 12.4. The van der Waals surface area contributed by atoms with Crippen molar-refractivity contribution >= 4 is 45.9 Å². The summed E-state index contributed by atoms with van der Waals surface area (Å²) in [4.78, 5) is 12.4. The first kappa shape index (κ1) is 22.4. The summed E-state index contributed by atoms with van der Waals surface area (Å²) in [6.07, 6.45) is 1.78. The number of nitrogens with zero attached hydrogens (tertiary/aromatic N) is 3. The fraction of sp³-hybridized carbons (Fsp3) is 0.227. The molecule has 0 bridgehead atoms. The summed E-state index contributed by atoms with van der Waals surface area (Å²) in [7, 11) is 0. The average Bonchev–Trinajstić information content (AvgIpc) is 3.10. The topological polar surface area (TPSA) is 69.0 Å². The molecule has 8 heteroatoms. The van der Waals surface area contributed by atoms with E-state index in [-0.39, 0.29) is 11.7 Å². The Bertz CT molecular complexity index is 1050. The fourth-order valence-corrected chi connectivity index (χ4v) is 4.20. The Hall–Kier alpha value is -2.33. The number of benzene rings is 2. The maximum Gasteiger partial charge on any atom is 0.234 e. The molecule has 0 aliphatic rings. The fourth-order valence-electron chi connectivity index (χ4n) is 2.79. The van der Waals surface area contributed by atoms with E-state index >= 15 is 0 Å². The van der Waals surface area contributed by atoms with Crippen LogP contribution in [0.2, 0.25) is 0 Å². The number of rotatable bonds is 9. The largest absolute Gasteiger partial charge is 0.485 e. The molecule has 1 aromatic heterocycles. The molecule has 3 rings (SSSR count). The Morgan fingerprint density at radius 1 is 1.23 bits per heavy atom. The van der Waals surface area contributed by atoms with Crippen LogP contribution in [0.25, 0.3) is 0 Å². The zero-order valence-electron chi connectivity index (χ0n) is 16.9. The second-order valence-corrected chi connectivity index (χ2v) is 8.84. The van der Waals surface area contributed by atoms with Crippen molar-refractivity contribution in [1.82, 2.24) is 14.8 Å². The summed E-state index contributed by atoms with van der Waals surface area (Å²) >= 11 is 3.59. The van der Waals surface area contributed by atoms with Crippen molar-refractivity contribution in [2.45, 2.75) is 32.2 Å². The van der Waals surface area contributed by atoms with E-state index in [1.165, 1.54) is 11.8 Å². The molecule has 0 saturated heterocycles. The molecule has 0 aliphatic heterocycles. The number of aromatic nitrogens is 3. The number of allylic oxidation sites excluding steroid dienone is 1. The highest BCUT2D eigenvalue weighted by atomic mass is 127. The number of nitrogens with one attached hydrogen (secondary N) is 1. The van der Waals surface area contributed by atoms with Crippen LogP contribution in [0.5, 0.6) is 5.75 Å². The second kappa shape index (κ2) is 10.6. The van der Waals surface area contributed by atoms with Gasteiger partial charge in [-0.15, -0.1) is 16.8 Å². The van der Waals surface area contributed by atoms with Crippen LogP contribution in [-0.2, 0) is 17.9 Å². The third kappa shape index (κ3) is 5.85. The number of thioether (sulfide) groups is 1. The van der Waals surface area contributed by atoms with Crippen molar-refractivity contribution in [1.29, 1.82) is 0 Å². The summed E-state index contributed by atoms with van der Waals surface area (Å²) in [5, 5.41) is 12.1. The third-order valence-electron chi connectivity index (χ3n) is 4.35. The van der Waals surface area contributed by atoms with E-state index in [0.717, 1.165) is 26.1 Å². The predicted octanol–water partition coefficient (Wildman–Crippen LogP) is 5.00. The highest BCUT2D eigenvalue weighted by Crippen LogP contribution is 2.22. The first-order valence-corrected chi connectivity index (χ1v) is 11.4. The minimum absolute atomic E-state index is 0.0878. The molecule has 2 aromatic carbocycles. The molecule has 156 valence electrons. The zero-order valence-corrected chi connectivity index (χ0v) is 19.9. The van der Waals surface area contributed by atoms with Crippen LogP contribution in [0.3, 0.4) is 0 Å². The van der Waals surface area contributed by atoms with Gasteiger partial charge >= 0.3 is 0 Å². The molecular formula is C22H23IN4O2S. The molecule has 0 atom stereocenters. The Morgan fingerprint density at radius 3 is 2.77 bits per heavy atom. The molecule has 1 amide bonds. The smallest absolute Gasteiger partial charge is 0.234 e. The number of hydrogen-bond acceptors (Lipinski definition) is 5. The number of para-hydroxylation sites is 1. The normalized spacial score (nSPS) is 10.6. The van der Waals surface area contributed by atoms with Crippen LogP contribution < -0.4 is 10.1 Å². The number of amides is 1. The number of carbonyl (C=O) groups is 1. The van der Waals surface area contributed by atoms with E-state index in [0.29, 0.717) is 24.1 Å². The molecule has 6 nitrogen and oxygen atoms in total. The number of halogens is 1. The number of hydrogen-bond donors (Lipinski definition) is 1. The lowest BCUT2D eigenvalue weighted by atomic mass is 10.2. The molecule has 0 spiro atoms. The Morgan fingerprint density at radius 2 is 2.03 bits per heavy atom. The lowest BCUT2D eigenvalue weighted by Crippen LogP contribution is -2.15. The number of aryl methyl sites for hydroxylation is 2. The van der Waals surface area contributed by atoms with Crippen molar-refractivity contribution in [3.05, 3.63) is 75.6 Å². The summed E-state index contributed by atoms with van der Waals surface area (Å²) in [6, 6.07) is 13.8. The summed E-state index contributed by atoms with van der Waals surface area (Å²) in [5.41, 5.74) is 2.91. The molecule has 1 heterocycles. The average molecular weight is 534 g/mol. The minimum Gasteiger partial charge on any atom is -0.485 e. The van der Waals surface area contributed by atoms with Crippen molar-refractivity contribution in [3.63, 3.8) is 0 Å². The van der Waals surface area contributed by atoms with Crippen LogP contribution in [0.1, 0.15) is 17.0 Å². The monoisotopic (exact) mass is 534 g/mol. The van der Waals surface area contributed by atoms with Crippen LogP contribution in [0.15, 0.2) is 60.3 Å². The van der Waals surface area contributed by atoms with Gasteiger partial charge in [0.25, 0.3) is 0 Å². The molecule has 30 heavy (non-hydrogen) atoms.